The molecule has 0 saturated carbocycles. The topological polar surface area (TPSA) is 77.8 Å². The molecule has 0 amide bonds. The molecule has 1 aliphatic heterocycles. The summed E-state index contributed by atoms with van der Waals surface area (Å²) in [5, 5.41) is 18.3. The number of hydrogen-bond donors (Lipinski definition) is 2. The number of carbonyl (C=O) groups is 2. The van der Waals surface area contributed by atoms with E-state index in [0.717, 1.165) is 16.7 Å². The number of benzene rings is 2. The van der Waals surface area contributed by atoms with Crippen molar-refractivity contribution in [2.75, 3.05) is 0 Å². The molecule has 5 nitrogen and oxygen atoms in total. The fourth-order valence-electron chi connectivity index (χ4n) is 2.73. The van der Waals surface area contributed by atoms with Crippen molar-refractivity contribution in [2.45, 2.75) is 13.0 Å². The Morgan fingerprint density at radius 3 is 1.84 bits per heavy atom. The van der Waals surface area contributed by atoms with Gasteiger partial charge in [0.15, 0.2) is 0 Å². The fourth-order valence-corrected chi connectivity index (χ4v) is 2.73. The minimum atomic E-state index is -1.10. The maximum atomic E-state index is 11.2. The number of rotatable bonds is 5. The van der Waals surface area contributed by atoms with Gasteiger partial charge in [0.1, 0.15) is 0 Å². The highest BCUT2D eigenvalue weighted by Gasteiger charge is 2.21. The monoisotopic (exact) mass is 335 g/mol. The number of hydrogen-bond acceptors (Lipinski definition) is 3. The van der Waals surface area contributed by atoms with E-state index in [-0.39, 0.29) is 17.6 Å². The number of aliphatic carboxylic acids is 2. The van der Waals surface area contributed by atoms with Crippen LogP contribution in [0.25, 0.3) is 11.1 Å². The van der Waals surface area contributed by atoms with Gasteiger partial charge in [-0.25, -0.2) is 9.59 Å². The highest BCUT2D eigenvalue weighted by Crippen LogP contribution is 2.23. The van der Waals surface area contributed by atoms with Gasteiger partial charge >= 0.3 is 11.9 Å². The lowest BCUT2D eigenvalue weighted by molar-refractivity contribution is -0.133. The molecule has 126 valence electrons. The van der Waals surface area contributed by atoms with Crippen LogP contribution in [0.4, 0.5) is 0 Å². The molecule has 2 N–H and O–H groups in total. The zero-order chi connectivity index (χ0) is 17.8. The minimum Gasteiger partial charge on any atom is -0.478 e. The van der Waals surface area contributed by atoms with Crippen LogP contribution in [0.2, 0.25) is 0 Å². The van der Waals surface area contributed by atoms with Gasteiger partial charge in [0.05, 0.1) is 11.1 Å². The molecule has 0 fully saturated rings. The van der Waals surface area contributed by atoms with E-state index < -0.39 is 11.9 Å². The van der Waals surface area contributed by atoms with Crippen molar-refractivity contribution in [2.24, 2.45) is 0 Å². The second kappa shape index (κ2) is 7.05. The summed E-state index contributed by atoms with van der Waals surface area (Å²) < 4.78 is 0. The first-order valence-electron chi connectivity index (χ1n) is 7.81. The summed E-state index contributed by atoms with van der Waals surface area (Å²) in [6.07, 6.45) is 2.90. The van der Waals surface area contributed by atoms with Crippen LogP contribution in [0.5, 0.6) is 0 Å². The van der Waals surface area contributed by atoms with Crippen LogP contribution in [0, 0.1) is 0 Å². The van der Waals surface area contributed by atoms with E-state index >= 15 is 0 Å². The van der Waals surface area contributed by atoms with Crippen LogP contribution < -0.4 is 0 Å². The molecule has 0 unspecified atom stereocenters. The molecule has 0 spiro atoms. The van der Waals surface area contributed by atoms with Gasteiger partial charge in [-0.05, 0) is 16.7 Å². The summed E-state index contributed by atoms with van der Waals surface area (Å²) in [5.74, 6) is -2.20. The molecule has 5 heteroatoms. The van der Waals surface area contributed by atoms with Crippen LogP contribution in [-0.4, -0.2) is 27.1 Å². The van der Waals surface area contributed by atoms with Crippen LogP contribution in [0.3, 0.4) is 0 Å². The molecule has 2 aromatic carbocycles. The third-order valence-electron chi connectivity index (χ3n) is 4.00. The van der Waals surface area contributed by atoms with Crippen LogP contribution in [0.15, 0.2) is 78.1 Å². The quantitative estimate of drug-likeness (QED) is 0.874. The molecule has 25 heavy (non-hydrogen) atoms. The average Bonchev–Trinajstić information content (AvgIpc) is 2.62. The highest BCUT2D eigenvalue weighted by molar-refractivity contribution is 5.93. The van der Waals surface area contributed by atoms with Crippen LogP contribution >= 0.6 is 0 Å². The minimum absolute atomic E-state index is 0.0702. The molecule has 0 radical (unpaired) electrons. The van der Waals surface area contributed by atoms with E-state index in [2.05, 4.69) is 0 Å². The van der Waals surface area contributed by atoms with Crippen molar-refractivity contribution in [3.63, 3.8) is 0 Å². The molecular formula is C20H17NO4. The molecule has 0 atom stereocenters. The van der Waals surface area contributed by atoms with E-state index in [4.69, 9.17) is 10.2 Å². The van der Waals surface area contributed by atoms with Gasteiger partial charge in [-0.3, -0.25) is 0 Å². The molecule has 0 saturated heterocycles. The molecular weight excluding hydrogens is 318 g/mol. The lowest BCUT2D eigenvalue weighted by Crippen LogP contribution is -2.21. The molecule has 0 aliphatic carbocycles. The smallest absolute Gasteiger partial charge is 0.333 e. The second-order valence-corrected chi connectivity index (χ2v) is 5.83. The summed E-state index contributed by atoms with van der Waals surface area (Å²) in [7, 11) is 0. The van der Waals surface area contributed by atoms with Crippen molar-refractivity contribution in [3.8, 4) is 11.1 Å². The maximum absolute atomic E-state index is 11.2. The standard InChI is InChI=1S/C20H17NO4/c22-19(23)17-10-18(20(24)25)13-21(12-17)11-14-6-8-16(9-7-14)15-4-2-1-3-5-15/h1-9,12-13H,10-11H2,(H,22,23)(H,24,25). The summed E-state index contributed by atoms with van der Waals surface area (Å²) in [5.41, 5.74) is 3.31. The third kappa shape index (κ3) is 3.95. The van der Waals surface area contributed by atoms with E-state index in [9.17, 15) is 9.59 Å². The number of carboxylic acids is 2. The predicted octanol–water partition coefficient (Wildman–Crippen LogP) is 3.50. The Bertz CT molecular complexity index is 821. The third-order valence-corrected chi connectivity index (χ3v) is 4.00. The van der Waals surface area contributed by atoms with Crippen molar-refractivity contribution >= 4 is 11.9 Å². The van der Waals surface area contributed by atoms with Crippen molar-refractivity contribution in [3.05, 3.63) is 83.7 Å². The van der Waals surface area contributed by atoms with Gasteiger partial charge in [-0.15, -0.1) is 0 Å². The molecule has 3 rings (SSSR count). The van der Waals surface area contributed by atoms with Crippen LogP contribution in [0.1, 0.15) is 12.0 Å². The molecule has 2 aromatic rings. The maximum Gasteiger partial charge on any atom is 0.333 e. The zero-order valence-electron chi connectivity index (χ0n) is 13.4. The Hall–Kier alpha value is -3.34. The summed E-state index contributed by atoms with van der Waals surface area (Å²) in [6.45, 7) is 0.405. The van der Waals surface area contributed by atoms with E-state index in [1.54, 1.807) is 4.90 Å². The SMILES string of the molecule is O=C(O)C1=CN(Cc2ccc(-c3ccccc3)cc2)C=C(C(=O)O)C1. The normalized spacial score (nSPS) is 13.8. The first kappa shape index (κ1) is 16.5. The largest absolute Gasteiger partial charge is 0.478 e. The molecule has 0 aromatic heterocycles. The van der Waals surface area contributed by atoms with Crippen LogP contribution in [-0.2, 0) is 16.1 Å². The summed E-state index contributed by atoms with van der Waals surface area (Å²) in [6, 6.07) is 17.9. The molecule has 1 aliphatic rings. The first-order chi connectivity index (χ1) is 12.0. The first-order valence-corrected chi connectivity index (χ1v) is 7.81. The number of nitrogens with zero attached hydrogens (tertiary/aromatic N) is 1. The highest BCUT2D eigenvalue weighted by atomic mass is 16.4. The van der Waals surface area contributed by atoms with Gasteiger partial charge in [0.2, 0.25) is 0 Å². The van der Waals surface area contributed by atoms with Gasteiger partial charge in [0.25, 0.3) is 0 Å². The van der Waals surface area contributed by atoms with E-state index in [0.29, 0.717) is 6.54 Å². The summed E-state index contributed by atoms with van der Waals surface area (Å²) in [4.78, 5) is 24.0. The number of carboxylic acid groups (broad SMARTS) is 2. The fraction of sp³-hybridized carbons (Fsp3) is 0.100. The zero-order valence-corrected chi connectivity index (χ0v) is 13.4. The average molecular weight is 335 g/mol. The Balaban J connectivity index is 1.80. The van der Waals surface area contributed by atoms with Crippen molar-refractivity contribution in [1.82, 2.24) is 4.90 Å². The Labute approximate surface area is 145 Å². The Morgan fingerprint density at radius 1 is 0.800 bits per heavy atom. The molecule has 0 bridgehead atoms. The van der Waals surface area contributed by atoms with E-state index in [1.165, 1.54) is 12.4 Å². The Kier molecular flexibility index (Phi) is 4.66. The van der Waals surface area contributed by atoms with Crippen molar-refractivity contribution in [1.29, 1.82) is 0 Å². The van der Waals surface area contributed by atoms with Gasteiger partial charge in [-0.1, -0.05) is 54.6 Å². The molecule has 1 heterocycles. The lowest BCUT2D eigenvalue weighted by Gasteiger charge is -2.22. The van der Waals surface area contributed by atoms with Gasteiger partial charge in [0, 0.05) is 25.4 Å². The van der Waals surface area contributed by atoms with E-state index in [1.807, 2.05) is 54.6 Å². The van der Waals surface area contributed by atoms with Gasteiger partial charge in [-0.2, -0.15) is 0 Å². The van der Waals surface area contributed by atoms with Crippen molar-refractivity contribution < 1.29 is 19.8 Å². The predicted molar refractivity (Wildman–Crippen MR) is 93.5 cm³/mol. The summed E-state index contributed by atoms with van der Waals surface area (Å²) >= 11 is 0. The second-order valence-electron chi connectivity index (χ2n) is 5.83. The lowest BCUT2D eigenvalue weighted by atomic mass is 10.0. The van der Waals surface area contributed by atoms with Gasteiger partial charge < -0.3 is 15.1 Å². The Morgan fingerprint density at radius 2 is 1.32 bits per heavy atom.